The second kappa shape index (κ2) is 6.49. The SMILES string of the molecule is CCN(CC)CCCC(C)N1C(=O)NC(=O)C1=O. The molecule has 1 aliphatic rings. The number of amides is 4. The zero-order valence-corrected chi connectivity index (χ0v) is 11.2. The average Bonchev–Trinajstić information content (AvgIpc) is 2.59. The van der Waals surface area contributed by atoms with E-state index in [1.807, 2.05) is 5.32 Å². The molecule has 1 N–H and O–H groups in total. The molecule has 0 spiro atoms. The van der Waals surface area contributed by atoms with Gasteiger partial charge in [-0.15, -0.1) is 0 Å². The van der Waals surface area contributed by atoms with Crippen molar-refractivity contribution in [2.45, 2.75) is 39.7 Å². The minimum atomic E-state index is -0.824. The van der Waals surface area contributed by atoms with E-state index in [9.17, 15) is 14.4 Å². The maximum absolute atomic E-state index is 11.4. The summed E-state index contributed by atoms with van der Waals surface area (Å²) in [6.45, 7) is 8.91. The average molecular weight is 255 g/mol. The number of nitrogens with zero attached hydrogens (tertiary/aromatic N) is 2. The summed E-state index contributed by atoms with van der Waals surface area (Å²) in [5, 5.41) is 2.01. The predicted octanol–water partition coefficient (Wildman–Crippen LogP) is 0.575. The number of nitrogens with one attached hydrogen (secondary N) is 1. The fraction of sp³-hybridized carbons (Fsp3) is 0.750. The molecular weight excluding hydrogens is 234 g/mol. The molecule has 0 saturated carbocycles. The lowest BCUT2D eigenvalue weighted by Crippen LogP contribution is -2.39. The monoisotopic (exact) mass is 255 g/mol. The van der Waals surface area contributed by atoms with Crippen LogP contribution in [0.1, 0.15) is 33.6 Å². The van der Waals surface area contributed by atoms with E-state index in [2.05, 4.69) is 18.7 Å². The van der Waals surface area contributed by atoms with Crippen LogP contribution in [0.2, 0.25) is 0 Å². The molecule has 6 nitrogen and oxygen atoms in total. The molecule has 102 valence electrons. The largest absolute Gasteiger partial charge is 0.331 e. The van der Waals surface area contributed by atoms with E-state index < -0.39 is 17.8 Å². The van der Waals surface area contributed by atoms with E-state index in [1.165, 1.54) is 0 Å². The van der Waals surface area contributed by atoms with Crippen molar-refractivity contribution in [3.63, 3.8) is 0 Å². The first kappa shape index (κ1) is 14.6. The van der Waals surface area contributed by atoms with Crippen LogP contribution in [0.25, 0.3) is 0 Å². The quantitative estimate of drug-likeness (QED) is 0.533. The maximum atomic E-state index is 11.4. The molecule has 1 rings (SSSR count). The van der Waals surface area contributed by atoms with Crippen LogP contribution in [-0.4, -0.2) is 53.3 Å². The van der Waals surface area contributed by atoms with E-state index in [0.717, 1.165) is 31.0 Å². The van der Waals surface area contributed by atoms with Gasteiger partial charge in [-0.05, 0) is 39.4 Å². The molecule has 4 amide bonds. The lowest BCUT2D eigenvalue weighted by atomic mass is 10.1. The van der Waals surface area contributed by atoms with Crippen LogP contribution >= 0.6 is 0 Å². The van der Waals surface area contributed by atoms with Crippen LogP contribution in [0, 0.1) is 0 Å². The summed E-state index contributed by atoms with van der Waals surface area (Å²) in [7, 11) is 0. The van der Waals surface area contributed by atoms with Crippen LogP contribution in [-0.2, 0) is 9.59 Å². The van der Waals surface area contributed by atoms with Gasteiger partial charge in [0.1, 0.15) is 0 Å². The van der Waals surface area contributed by atoms with Gasteiger partial charge in [0.25, 0.3) is 0 Å². The molecule has 0 aromatic rings. The highest BCUT2D eigenvalue weighted by atomic mass is 16.2. The Kier molecular flexibility index (Phi) is 5.27. The second-order valence-corrected chi connectivity index (χ2v) is 4.45. The Morgan fingerprint density at radius 3 is 2.28 bits per heavy atom. The summed E-state index contributed by atoms with van der Waals surface area (Å²) >= 11 is 0. The van der Waals surface area contributed by atoms with Crippen LogP contribution in [0.5, 0.6) is 0 Å². The summed E-state index contributed by atoms with van der Waals surface area (Å²) < 4.78 is 0. The maximum Gasteiger partial charge on any atom is 0.331 e. The zero-order chi connectivity index (χ0) is 13.7. The van der Waals surface area contributed by atoms with Gasteiger partial charge in [0.15, 0.2) is 0 Å². The molecule has 18 heavy (non-hydrogen) atoms. The molecule has 1 aliphatic heterocycles. The van der Waals surface area contributed by atoms with Crippen molar-refractivity contribution in [2.24, 2.45) is 0 Å². The normalized spacial score (nSPS) is 17.6. The first-order valence-electron chi connectivity index (χ1n) is 6.42. The second-order valence-electron chi connectivity index (χ2n) is 4.45. The molecule has 0 radical (unpaired) electrons. The molecule has 0 aliphatic carbocycles. The van der Waals surface area contributed by atoms with Crippen molar-refractivity contribution in [3.8, 4) is 0 Å². The molecule has 1 fully saturated rings. The highest BCUT2D eigenvalue weighted by Gasteiger charge is 2.39. The fourth-order valence-electron chi connectivity index (χ4n) is 2.09. The summed E-state index contributed by atoms with van der Waals surface area (Å²) in [4.78, 5) is 37.2. The number of carbonyl (C=O) groups excluding carboxylic acids is 3. The number of rotatable bonds is 7. The first-order chi connectivity index (χ1) is 8.51. The lowest BCUT2D eigenvalue weighted by molar-refractivity contribution is -0.141. The van der Waals surface area contributed by atoms with Crippen LogP contribution in [0.4, 0.5) is 4.79 Å². The fourth-order valence-corrected chi connectivity index (χ4v) is 2.09. The van der Waals surface area contributed by atoms with Crippen molar-refractivity contribution in [1.82, 2.24) is 15.1 Å². The Bertz CT molecular complexity index is 339. The van der Waals surface area contributed by atoms with Crippen LogP contribution < -0.4 is 5.32 Å². The van der Waals surface area contributed by atoms with Gasteiger partial charge in [-0.2, -0.15) is 0 Å². The summed E-state index contributed by atoms with van der Waals surface area (Å²) in [5.41, 5.74) is 0. The molecule has 6 heteroatoms. The Labute approximate surface area is 107 Å². The molecule has 1 unspecified atom stereocenters. The number of hydrogen-bond acceptors (Lipinski definition) is 4. The molecular formula is C12H21N3O3. The van der Waals surface area contributed by atoms with Crippen molar-refractivity contribution in [2.75, 3.05) is 19.6 Å². The smallest absolute Gasteiger partial charge is 0.304 e. The molecule has 1 atom stereocenters. The van der Waals surface area contributed by atoms with Crippen molar-refractivity contribution >= 4 is 17.8 Å². The highest BCUT2D eigenvalue weighted by molar-refractivity contribution is 6.44. The zero-order valence-electron chi connectivity index (χ0n) is 11.2. The Morgan fingerprint density at radius 1 is 1.22 bits per heavy atom. The van der Waals surface area contributed by atoms with E-state index >= 15 is 0 Å². The minimum Gasteiger partial charge on any atom is -0.304 e. The third kappa shape index (κ3) is 3.29. The first-order valence-corrected chi connectivity index (χ1v) is 6.42. The molecule has 1 saturated heterocycles. The van der Waals surface area contributed by atoms with Gasteiger partial charge in [-0.25, -0.2) is 4.79 Å². The third-order valence-electron chi connectivity index (χ3n) is 3.28. The Balaban J connectivity index is 2.41. The van der Waals surface area contributed by atoms with Gasteiger partial charge in [0.05, 0.1) is 0 Å². The minimum absolute atomic E-state index is 0.237. The van der Waals surface area contributed by atoms with Gasteiger partial charge in [-0.1, -0.05) is 13.8 Å². The van der Waals surface area contributed by atoms with E-state index in [1.54, 1.807) is 6.92 Å². The number of urea groups is 1. The predicted molar refractivity (Wildman–Crippen MR) is 66.9 cm³/mol. The Hall–Kier alpha value is -1.43. The van der Waals surface area contributed by atoms with Crippen molar-refractivity contribution in [1.29, 1.82) is 0 Å². The molecule has 0 aromatic carbocycles. The highest BCUT2D eigenvalue weighted by Crippen LogP contribution is 2.12. The van der Waals surface area contributed by atoms with Crippen molar-refractivity contribution < 1.29 is 14.4 Å². The van der Waals surface area contributed by atoms with Crippen LogP contribution in [0.15, 0.2) is 0 Å². The summed E-state index contributed by atoms with van der Waals surface area (Å²) in [6.07, 6.45) is 1.61. The van der Waals surface area contributed by atoms with Gasteiger partial charge in [0, 0.05) is 6.04 Å². The van der Waals surface area contributed by atoms with E-state index in [4.69, 9.17) is 0 Å². The third-order valence-corrected chi connectivity index (χ3v) is 3.28. The number of hydrogen-bond donors (Lipinski definition) is 1. The summed E-state index contributed by atoms with van der Waals surface area (Å²) in [5.74, 6) is -1.56. The number of carbonyl (C=O) groups is 3. The van der Waals surface area contributed by atoms with Gasteiger partial charge in [0.2, 0.25) is 0 Å². The van der Waals surface area contributed by atoms with E-state index in [-0.39, 0.29) is 6.04 Å². The number of imide groups is 2. The van der Waals surface area contributed by atoms with Gasteiger partial charge in [-0.3, -0.25) is 19.8 Å². The van der Waals surface area contributed by atoms with Crippen LogP contribution in [0.3, 0.4) is 0 Å². The summed E-state index contributed by atoms with van der Waals surface area (Å²) in [6, 6.07) is -0.833. The Morgan fingerprint density at radius 2 is 1.83 bits per heavy atom. The van der Waals surface area contributed by atoms with Gasteiger partial charge < -0.3 is 4.90 Å². The van der Waals surface area contributed by atoms with E-state index in [0.29, 0.717) is 6.42 Å². The van der Waals surface area contributed by atoms with Crippen molar-refractivity contribution in [3.05, 3.63) is 0 Å². The standard InChI is InChI=1S/C12H21N3O3/c1-4-14(5-2)8-6-7-9(3)15-11(17)10(16)13-12(15)18/h9H,4-8H2,1-3H3,(H,13,16,18). The topological polar surface area (TPSA) is 69.7 Å². The molecule has 1 heterocycles. The molecule has 0 aromatic heterocycles. The molecule has 0 bridgehead atoms. The lowest BCUT2D eigenvalue weighted by Gasteiger charge is -2.22. The van der Waals surface area contributed by atoms with Gasteiger partial charge >= 0.3 is 17.8 Å².